The number of benzene rings is 1. The Labute approximate surface area is 119 Å². The van der Waals surface area contributed by atoms with Gasteiger partial charge in [-0.25, -0.2) is 4.79 Å². The average Bonchev–Trinajstić information content (AvgIpc) is 2.50. The first kappa shape index (κ1) is 14.4. The molecule has 1 aliphatic rings. The molecule has 0 radical (unpaired) electrons. The fourth-order valence-corrected chi connectivity index (χ4v) is 2.30. The molecule has 20 heavy (non-hydrogen) atoms. The zero-order chi connectivity index (χ0) is 14.4. The first-order chi connectivity index (χ1) is 9.74. The molecule has 1 saturated heterocycles. The summed E-state index contributed by atoms with van der Waals surface area (Å²) in [6, 6.07) is 11.3. The second kappa shape index (κ2) is 6.92. The minimum atomic E-state index is -0.319. The van der Waals surface area contributed by atoms with Crippen LogP contribution in [0.1, 0.15) is 13.3 Å². The van der Waals surface area contributed by atoms with Crippen molar-refractivity contribution in [2.24, 2.45) is 0 Å². The van der Waals surface area contributed by atoms with Crippen LogP contribution in [0.4, 0.5) is 4.79 Å². The Kier molecular flexibility index (Phi) is 4.97. The summed E-state index contributed by atoms with van der Waals surface area (Å²) in [5.41, 5.74) is 0. The third-order valence-corrected chi connectivity index (χ3v) is 3.50. The van der Waals surface area contributed by atoms with E-state index in [1.54, 1.807) is 17.0 Å². The van der Waals surface area contributed by atoms with Crippen LogP contribution in [-0.4, -0.2) is 48.1 Å². The maximum atomic E-state index is 12.0. The number of hydrogen-bond donors (Lipinski definition) is 0. The number of amides is 1. The molecule has 5 heteroatoms. The number of rotatable bonds is 3. The molecule has 0 N–H and O–H groups in total. The van der Waals surface area contributed by atoms with Gasteiger partial charge in [0.15, 0.2) is 0 Å². The Hall–Kier alpha value is -2.06. The van der Waals surface area contributed by atoms with Crippen molar-refractivity contribution in [2.75, 3.05) is 26.2 Å². The molecule has 1 amide bonds. The zero-order valence-corrected chi connectivity index (χ0v) is 11.7. The topological polar surface area (TPSA) is 56.6 Å². The highest BCUT2D eigenvalue weighted by Gasteiger charge is 2.26. The number of ether oxygens (including phenoxy) is 1. The maximum absolute atomic E-state index is 12.0. The lowest BCUT2D eigenvalue weighted by Crippen LogP contribution is -2.52. The van der Waals surface area contributed by atoms with E-state index in [0.717, 1.165) is 19.5 Å². The quantitative estimate of drug-likeness (QED) is 0.846. The highest BCUT2D eigenvalue weighted by atomic mass is 16.6. The van der Waals surface area contributed by atoms with Gasteiger partial charge in [0.1, 0.15) is 5.75 Å². The van der Waals surface area contributed by atoms with E-state index < -0.39 is 0 Å². The summed E-state index contributed by atoms with van der Waals surface area (Å²) in [7, 11) is 0. The first-order valence-corrected chi connectivity index (χ1v) is 6.90. The summed E-state index contributed by atoms with van der Waals surface area (Å²) in [5, 5.41) is 9.05. The normalized spacial score (nSPS) is 17.3. The molecule has 0 aliphatic carbocycles. The van der Waals surface area contributed by atoms with Crippen LogP contribution < -0.4 is 4.74 Å². The van der Waals surface area contributed by atoms with Crippen LogP contribution in [0.3, 0.4) is 0 Å². The van der Waals surface area contributed by atoms with Gasteiger partial charge in [-0.3, -0.25) is 4.90 Å². The van der Waals surface area contributed by atoms with Crippen LogP contribution in [0, 0.1) is 11.3 Å². The fraction of sp³-hybridized carbons (Fsp3) is 0.467. The van der Waals surface area contributed by atoms with Crippen LogP contribution in [-0.2, 0) is 0 Å². The minimum absolute atomic E-state index is 0.0534. The van der Waals surface area contributed by atoms with Crippen molar-refractivity contribution in [2.45, 2.75) is 19.4 Å². The van der Waals surface area contributed by atoms with Crippen molar-refractivity contribution in [3.63, 3.8) is 0 Å². The molecular weight excluding hydrogens is 254 g/mol. The second-order valence-corrected chi connectivity index (χ2v) is 4.76. The van der Waals surface area contributed by atoms with Crippen molar-refractivity contribution >= 4 is 6.09 Å². The Morgan fingerprint density at radius 2 is 1.95 bits per heavy atom. The Bertz CT molecular complexity index is 476. The molecule has 1 unspecified atom stereocenters. The van der Waals surface area contributed by atoms with E-state index in [4.69, 9.17) is 10.00 Å². The molecule has 1 aromatic carbocycles. The number of nitriles is 1. The molecule has 1 heterocycles. The first-order valence-electron chi connectivity index (χ1n) is 6.90. The van der Waals surface area contributed by atoms with Gasteiger partial charge in [-0.05, 0) is 18.6 Å². The molecule has 0 aromatic heterocycles. The maximum Gasteiger partial charge on any atom is 0.415 e. The zero-order valence-electron chi connectivity index (χ0n) is 11.7. The Morgan fingerprint density at radius 3 is 2.50 bits per heavy atom. The molecule has 0 spiro atoms. The predicted octanol–water partition coefficient (Wildman–Crippen LogP) is 2.11. The molecule has 1 aromatic rings. The second-order valence-electron chi connectivity index (χ2n) is 4.76. The molecular formula is C15H19N3O2. The van der Waals surface area contributed by atoms with Crippen LogP contribution in [0.5, 0.6) is 5.75 Å². The molecule has 2 rings (SSSR count). The van der Waals surface area contributed by atoms with E-state index in [2.05, 4.69) is 11.0 Å². The summed E-state index contributed by atoms with van der Waals surface area (Å²) < 4.78 is 5.31. The minimum Gasteiger partial charge on any atom is -0.410 e. The largest absolute Gasteiger partial charge is 0.415 e. The number of para-hydroxylation sites is 1. The van der Waals surface area contributed by atoms with Gasteiger partial charge in [0, 0.05) is 26.2 Å². The average molecular weight is 273 g/mol. The number of carbonyl (C=O) groups excluding carboxylic acids is 1. The molecule has 0 bridgehead atoms. The summed E-state index contributed by atoms with van der Waals surface area (Å²) >= 11 is 0. The summed E-state index contributed by atoms with van der Waals surface area (Å²) in [6.07, 6.45) is 0.492. The van der Waals surface area contributed by atoms with Gasteiger partial charge >= 0.3 is 6.09 Å². The lowest BCUT2D eigenvalue weighted by atomic mass is 10.2. The molecule has 1 aliphatic heterocycles. The van der Waals surface area contributed by atoms with E-state index in [9.17, 15) is 4.79 Å². The standard InChI is InChI=1S/C15H19N3O2/c1-2-13(12-16)17-8-10-18(11-9-17)15(19)20-14-6-4-3-5-7-14/h3-7,13H,2,8-11H2,1H3. The van der Waals surface area contributed by atoms with Crippen molar-refractivity contribution in [3.05, 3.63) is 30.3 Å². The van der Waals surface area contributed by atoms with Crippen molar-refractivity contribution in [1.29, 1.82) is 5.26 Å². The summed E-state index contributed by atoms with van der Waals surface area (Å²) in [4.78, 5) is 15.8. The SMILES string of the molecule is CCC(C#N)N1CCN(C(=O)Oc2ccccc2)CC1. The number of piperazine rings is 1. The van der Waals surface area contributed by atoms with E-state index >= 15 is 0 Å². The van der Waals surface area contributed by atoms with Gasteiger partial charge in [-0.1, -0.05) is 25.1 Å². The van der Waals surface area contributed by atoms with Crippen LogP contribution in [0.25, 0.3) is 0 Å². The van der Waals surface area contributed by atoms with Gasteiger partial charge in [0.2, 0.25) is 0 Å². The molecule has 5 nitrogen and oxygen atoms in total. The third-order valence-electron chi connectivity index (χ3n) is 3.50. The summed E-state index contributed by atoms with van der Waals surface area (Å²) in [5.74, 6) is 0.559. The van der Waals surface area contributed by atoms with Gasteiger partial charge in [-0.2, -0.15) is 5.26 Å². The molecule has 1 fully saturated rings. The monoisotopic (exact) mass is 273 g/mol. The number of hydrogen-bond acceptors (Lipinski definition) is 4. The van der Waals surface area contributed by atoms with Crippen LogP contribution in [0.15, 0.2) is 30.3 Å². The smallest absolute Gasteiger partial charge is 0.410 e. The lowest BCUT2D eigenvalue weighted by Gasteiger charge is -2.35. The highest BCUT2D eigenvalue weighted by molar-refractivity contribution is 5.70. The van der Waals surface area contributed by atoms with E-state index in [-0.39, 0.29) is 12.1 Å². The van der Waals surface area contributed by atoms with E-state index in [1.165, 1.54) is 0 Å². The van der Waals surface area contributed by atoms with Crippen molar-refractivity contribution in [1.82, 2.24) is 9.80 Å². The van der Waals surface area contributed by atoms with Gasteiger partial charge in [0.25, 0.3) is 0 Å². The molecule has 106 valence electrons. The van der Waals surface area contributed by atoms with Gasteiger partial charge in [0.05, 0.1) is 12.1 Å². The Morgan fingerprint density at radius 1 is 1.30 bits per heavy atom. The number of nitrogens with zero attached hydrogens (tertiary/aromatic N) is 3. The van der Waals surface area contributed by atoms with E-state index in [0.29, 0.717) is 18.8 Å². The van der Waals surface area contributed by atoms with Crippen molar-refractivity contribution < 1.29 is 9.53 Å². The van der Waals surface area contributed by atoms with E-state index in [1.807, 2.05) is 25.1 Å². The predicted molar refractivity (Wildman–Crippen MR) is 75.3 cm³/mol. The van der Waals surface area contributed by atoms with Gasteiger partial charge in [-0.15, -0.1) is 0 Å². The lowest BCUT2D eigenvalue weighted by molar-refractivity contribution is 0.0995. The van der Waals surface area contributed by atoms with Crippen molar-refractivity contribution in [3.8, 4) is 11.8 Å². The highest BCUT2D eigenvalue weighted by Crippen LogP contribution is 2.13. The van der Waals surface area contributed by atoms with Gasteiger partial charge < -0.3 is 9.64 Å². The Balaban J connectivity index is 1.85. The fourth-order valence-electron chi connectivity index (χ4n) is 2.30. The molecule has 0 saturated carbocycles. The third kappa shape index (κ3) is 3.49. The van der Waals surface area contributed by atoms with Crippen LogP contribution in [0.2, 0.25) is 0 Å². The summed E-state index contributed by atoms with van der Waals surface area (Å²) in [6.45, 7) is 4.64. The molecule has 1 atom stereocenters. The number of carbonyl (C=O) groups is 1. The van der Waals surface area contributed by atoms with Crippen LogP contribution >= 0.6 is 0 Å².